The first kappa shape index (κ1) is 22.2. The number of nitrogens with one attached hydrogen (secondary N) is 2. The normalized spacial score (nSPS) is 10.9. The number of carbonyl (C=O) groups excluding carboxylic acids is 1. The van der Waals surface area contributed by atoms with Crippen LogP contribution in [0.3, 0.4) is 0 Å². The SMILES string of the molecule is Cc1cccc(C(=O)Nc2ccc(C)c(-c3cc4cnc(NCCO)nc4c(=O)n3C)c2)c1. The summed E-state index contributed by atoms with van der Waals surface area (Å²) in [6.45, 7) is 4.13. The maximum atomic E-state index is 13.1. The zero-order valence-corrected chi connectivity index (χ0v) is 18.7. The summed E-state index contributed by atoms with van der Waals surface area (Å²) < 4.78 is 1.54. The van der Waals surface area contributed by atoms with Gasteiger partial charge in [0.25, 0.3) is 11.5 Å². The highest BCUT2D eigenvalue weighted by Crippen LogP contribution is 2.28. The van der Waals surface area contributed by atoms with E-state index in [-0.39, 0.29) is 18.1 Å². The highest BCUT2D eigenvalue weighted by atomic mass is 16.3. The van der Waals surface area contributed by atoms with Gasteiger partial charge in [-0.25, -0.2) is 9.97 Å². The van der Waals surface area contributed by atoms with E-state index in [1.54, 1.807) is 23.9 Å². The summed E-state index contributed by atoms with van der Waals surface area (Å²) in [7, 11) is 1.69. The summed E-state index contributed by atoms with van der Waals surface area (Å²) in [6.07, 6.45) is 1.59. The third kappa shape index (κ3) is 4.61. The third-order valence-corrected chi connectivity index (χ3v) is 5.42. The molecule has 0 saturated carbocycles. The van der Waals surface area contributed by atoms with Crippen molar-refractivity contribution in [3.8, 4) is 11.3 Å². The van der Waals surface area contributed by atoms with Crippen molar-refractivity contribution >= 4 is 28.4 Å². The summed E-state index contributed by atoms with van der Waals surface area (Å²) >= 11 is 0. The summed E-state index contributed by atoms with van der Waals surface area (Å²) in [4.78, 5) is 34.3. The number of nitrogens with zero attached hydrogens (tertiary/aromatic N) is 3. The number of hydrogen-bond acceptors (Lipinski definition) is 6. The van der Waals surface area contributed by atoms with E-state index in [1.807, 2.05) is 56.3 Å². The van der Waals surface area contributed by atoms with Gasteiger partial charge in [-0.15, -0.1) is 0 Å². The molecule has 0 aliphatic carbocycles. The molecule has 0 aliphatic heterocycles. The van der Waals surface area contributed by atoms with Crippen LogP contribution in [-0.2, 0) is 7.05 Å². The average molecular weight is 444 g/mol. The second-order valence-corrected chi connectivity index (χ2v) is 7.89. The Morgan fingerprint density at radius 2 is 1.94 bits per heavy atom. The molecule has 0 spiro atoms. The Balaban J connectivity index is 1.72. The van der Waals surface area contributed by atoms with Gasteiger partial charge in [0.15, 0.2) is 0 Å². The topological polar surface area (TPSA) is 109 Å². The molecule has 2 aromatic heterocycles. The molecule has 2 heterocycles. The van der Waals surface area contributed by atoms with Gasteiger partial charge < -0.3 is 20.3 Å². The molecule has 0 atom stereocenters. The van der Waals surface area contributed by atoms with Crippen LogP contribution in [-0.4, -0.2) is 38.7 Å². The lowest BCUT2D eigenvalue weighted by atomic mass is 10.0. The Hall–Kier alpha value is -4.04. The lowest BCUT2D eigenvalue weighted by Gasteiger charge is -2.15. The number of carbonyl (C=O) groups is 1. The van der Waals surface area contributed by atoms with Crippen LogP contribution in [0.1, 0.15) is 21.5 Å². The van der Waals surface area contributed by atoms with Crippen LogP contribution in [0.4, 0.5) is 11.6 Å². The van der Waals surface area contributed by atoms with Crippen LogP contribution in [0.15, 0.2) is 59.5 Å². The highest BCUT2D eigenvalue weighted by Gasteiger charge is 2.14. The van der Waals surface area contributed by atoms with Gasteiger partial charge >= 0.3 is 0 Å². The van der Waals surface area contributed by atoms with Crippen molar-refractivity contribution in [1.82, 2.24) is 14.5 Å². The van der Waals surface area contributed by atoms with Gasteiger partial charge in [-0.05, 0) is 49.7 Å². The number of fused-ring (bicyclic) bond motifs is 1. The molecule has 0 aliphatic rings. The summed E-state index contributed by atoms with van der Waals surface area (Å²) in [5, 5.41) is 15.4. The van der Waals surface area contributed by atoms with E-state index in [4.69, 9.17) is 5.11 Å². The van der Waals surface area contributed by atoms with Crippen molar-refractivity contribution in [2.45, 2.75) is 13.8 Å². The molecule has 168 valence electrons. The first-order valence-electron chi connectivity index (χ1n) is 10.6. The predicted octanol–water partition coefficient (Wildman–Crippen LogP) is 3.27. The van der Waals surface area contributed by atoms with Crippen molar-refractivity contribution in [3.05, 3.63) is 81.8 Å². The highest BCUT2D eigenvalue weighted by molar-refractivity contribution is 6.04. The minimum absolute atomic E-state index is 0.0611. The van der Waals surface area contributed by atoms with Gasteiger partial charge in [-0.2, -0.15) is 0 Å². The summed E-state index contributed by atoms with van der Waals surface area (Å²) in [5.41, 5.74) is 4.73. The Morgan fingerprint density at radius 3 is 2.70 bits per heavy atom. The molecular weight excluding hydrogens is 418 g/mol. The number of hydrogen-bond donors (Lipinski definition) is 3. The van der Waals surface area contributed by atoms with Gasteiger partial charge in [-0.1, -0.05) is 23.8 Å². The molecule has 4 rings (SSSR count). The van der Waals surface area contributed by atoms with Crippen molar-refractivity contribution in [2.75, 3.05) is 23.8 Å². The summed E-state index contributed by atoms with van der Waals surface area (Å²) in [5.74, 6) is 0.0932. The molecule has 8 nitrogen and oxygen atoms in total. The molecule has 0 radical (unpaired) electrons. The second kappa shape index (κ2) is 9.22. The maximum absolute atomic E-state index is 13.1. The number of aromatic nitrogens is 3. The van der Waals surface area contributed by atoms with Crippen LogP contribution < -0.4 is 16.2 Å². The number of aliphatic hydroxyl groups is 1. The first-order chi connectivity index (χ1) is 15.9. The minimum Gasteiger partial charge on any atom is -0.395 e. The van der Waals surface area contributed by atoms with E-state index in [1.165, 1.54) is 0 Å². The zero-order chi connectivity index (χ0) is 23.5. The molecule has 33 heavy (non-hydrogen) atoms. The van der Waals surface area contributed by atoms with E-state index in [0.717, 1.165) is 16.7 Å². The lowest BCUT2D eigenvalue weighted by molar-refractivity contribution is 0.102. The standard InChI is InChI=1S/C25H25N5O3/c1-15-5-4-6-17(11-15)23(32)28-19-8-7-16(2)20(13-19)21-12-18-14-27-25(26-9-10-31)29-22(18)24(33)30(21)3/h4-8,11-14,31H,9-10H2,1-3H3,(H,28,32)(H,26,27,29). The van der Waals surface area contributed by atoms with E-state index in [2.05, 4.69) is 20.6 Å². The van der Waals surface area contributed by atoms with Crippen molar-refractivity contribution in [3.63, 3.8) is 0 Å². The molecule has 2 aromatic carbocycles. The fraction of sp³-hybridized carbons (Fsp3) is 0.200. The Bertz CT molecular complexity index is 1410. The van der Waals surface area contributed by atoms with Gasteiger partial charge in [0.1, 0.15) is 5.52 Å². The molecule has 0 fully saturated rings. The molecule has 3 N–H and O–H groups in total. The van der Waals surface area contributed by atoms with Gasteiger partial charge in [0, 0.05) is 42.0 Å². The summed E-state index contributed by atoms with van der Waals surface area (Å²) in [6, 6.07) is 14.9. The minimum atomic E-state index is -0.259. The van der Waals surface area contributed by atoms with Gasteiger partial charge in [0.05, 0.1) is 12.3 Å². The predicted molar refractivity (Wildman–Crippen MR) is 130 cm³/mol. The van der Waals surface area contributed by atoms with Crippen molar-refractivity contribution in [1.29, 1.82) is 0 Å². The van der Waals surface area contributed by atoms with Gasteiger partial charge in [0.2, 0.25) is 5.95 Å². The van der Waals surface area contributed by atoms with Crippen LogP contribution >= 0.6 is 0 Å². The number of aryl methyl sites for hydroxylation is 2. The molecule has 0 bridgehead atoms. The molecule has 1 amide bonds. The molecular formula is C25H25N5O3. The first-order valence-corrected chi connectivity index (χ1v) is 10.6. The van der Waals surface area contributed by atoms with Crippen molar-refractivity contribution in [2.24, 2.45) is 7.05 Å². The van der Waals surface area contributed by atoms with Crippen LogP contribution in [0.5, 0.6) is 0 Å². The van der Waals surface area contributed by atoms with Crippen molar-refractivity contribution < 1.29 is 9.90 Å². The molecule has 0 saturated heterocycles. The monoisotopic (exact) mass is 443 g/mol. The fourth-order valence-electron chi connectivity index (χ4n) is 3.66. The maximum Gasteiger partial charge on any atom is 0.277 e. The van der Waals surface area contributed by atoms with E-state index in [0.29, 0.717) is 40.3 Å². The number of pyridine rings is 1. The Kier molecular flexibility index (Phi) is 6.19. The number of aliphatic hydroxyl groups excluding tert-OH is 1. The van der Waals surface area contributed by atoms with E-state index < -0.39 is 0 Å². The third-order valence-electron chi connectivity index (χ3n) is 5.42. The quantitative estimate of drug-likeness (QED) is 0.422. The molecule has 4 aromatic rings. The smallest absolute Gasteiger partial charge is 0.277 e. The Morgan fingerprint density at radius 1 is 1.12 bits per heavy atom. The van der Waals surface area contributed by atoms with Gasteiger partial charge in [-0.3, -0.25) is 9.59 Å². The number of amides is 1. The molecule has 8 heteroatoms. The van der Waals surface area contributed by atoms with Crippen LogP contribution in [0, 0.1) is 13.8 Å². The van der Waals surface area contributed by atoms with E-state index >= 15 is 0 Å². The number of benzene rings is 2. The number of rotatable bonds is 6. The zero-order valence-electron chi connectivity index (χ0n) is 18.7. The van der Waals surface area contributed by atoms with E-state index in [9.17, 15) is 9.59 Å². The van der Waals surface area contributed by atoms with Crippen LogP contribution in [0.2, 0.25) is 0 Å². The Labute approximate surface area is 191 Å². The molecule has 0 unspecified atom stereocenters. The lowest BCUT2D eigenvalue weighted by Crippen LogP contribution is -2.21. The largest absolute Gasteiger partial charge is 0.395 e. The second-order valence-electron chi connectivity index (χ2n) is 7.89. The van der Waals surface area contributed by atoms with Crippen LogP contribution in [0.25, 0.3) is 22.2 Å². The average Bonchev–Trinajstić information content (AvgIpc) is 2.81. The fourth-order valence-corrected chi connectivity index (χ4v) is 3.66. The number of anilines is 2.